The number of allylic oxidation sites excluding steroid dienone is 1. The summed E-state index contributed by atoms with van der Waals surface area (Å²) in [6.45, 7) is 7.74. The van der Waals surface area contributed by atoms with Crippen LogP contribution in [-0.4, -0.2) is 22.5 Å². The Kier molecular flexibility index (Phi) is 4.17. The lowest BCUT2D eigenvalue weighted by atomic mass is 10.2. The van der Waals surface area contributed by atoms with Crippen LogP contribution in [0.25, 0.3) is 5.57 Å². The lowest BCUT2D eigenvalue weighted by molar-refractivity contribution is -0.137. The van der Waals surface area contributed by atoms with E-state index in [9.17, 15) is 4.79 Å². The van der Waals surface area contributed by atoms with Crippen LogP contribution in [0.3, 0.4) is 0 Å². The summed E-state index contributed by atoms with van der Waals surface area (Å²) in [4.78, 5) is 19.8. The molecule has 16 heavy (non-hydrogen) atoms. The van der Waals surface area contributed by atoms with Gasteiger partial charge in [-0.2, -0.15) is 0 Å². The second-order valence-electron chi connectivity index (χ2n) is 3.55. The Morgan fingerprint density at radius 2 is 1.94 bits per heavy atom. The van der Waals surface area contributed by atoms with E-state index in [-0.39, 0.29) is 5.97 Å². The highest BCUT2D eigenvalue weighted by Crippen LogP contribution is 2.10. The number of ether oxygens (including phenoxy) is 1. The normalized spacial score (nSPS) is 11.4. The number of nitrogens with zero attached hydrogens (tertiary/aromatic N) is 2. The summed E-state index contributed by atoms with van der Waals surface area (Å²) in [5, 5.41) is 0. The van der Waals surface area contributed by atoms with Gasteiger partial charge in [0.15, 0.2) is 5.82 Å². The summed E-state index contributed by atoms with van der Waals surface area (Å²) in [6.07, 6.45) is 1.41. The Bertz CT molecular complexity index is 405. The first-order valence-electron chi connectivity index (χ1n) is 5.20. The van der Waals surface area contributed by atoms with Crippen LogP contribution in [0.2, 0.25) is 0 Å². The molecule has 1 aromatic heterocycles. The van der Waals surface area contributed by atoms with E-state index in [1.54, 1.807) is 13.8 Å². The predicted molar refractivity (Wildman–Crippen MR) is 61.8 cm³/mol. The van der Waals surface area contributed by atoms with E-state index in [2.05, 4.69) is 9.97 Å². The van der Waals surface area contributed by atoms with Crippen LogP contribution in [0.5, 0.6) is 0 Å². The van der Waals surface area contributed by atoms with Crippen molar-refractivity contribution in [3.8, 4) is 0 Å². The second-order valence-corrected chi connectivity index (χ2v) is 3.55. The average Bonchev–Trinajstić information content (AvgIpc) is 2.16. The van der Waals surface area contributed by atoms with Crippen molar-refractivity contribution in [1.29, 1.82) is 0 Å². The molecule has 4 nitrogen and oxygen atoms in total. The van der Waals surface area contributed by atoms with Crippen molar-refractivity contribution >= 4 is 11.5 Å². The van der Waals surface area contributed by atoms with Crippen molar-refractivity contribution in [1.82, 2.24) is 9.97 Å². The number of aromatic nitrogens is 2. The third kappa shape index (κ3) is 3.46. The summed E-state index contributed by atoms with van der Waals surface area (Å²) in [6, 6.07) is 1.89. The molecule has 4 heteroatoms. The van der Waals surface area contributed by atoms with Crippen molar-refractivity contribution in [2.45, 2.75) is 27.7 Å². The largest absolute Gasteiger partial charge is 0.463 e. The monoisotopic (exact) mass is 220 g/mol. The molecule has 0 saturated carbocycles. The van der Waals surface area contributed by atoms with Gasteiger partial charge in [-0.05, 0) is 33.8 Å². The van der Waals surface area contributed by atoms with E-state index < -0.39 is 0 Å². The Labute approximate surface area is 95.4 Å². The van der Waals surface area contributed by atoms with Crippen molar-refractivity contribution < 1.29 is 9.53 Å². The van der Waals surface area contributed by atoms with Gasteiger partial charge in [-0.15, -0.1) is 0 Å². The molecule has 0 radical (unpaired) electrons. The molecule has 0 aliphatic carbocycles. The molecular weight excluding hydrogens is 204 g/mol. The van der Waals surface area contributed by atoms with Gasteiger partial charge in [-0.3, -0.25) is 0 Å². The third-order valence-corrected chi connectivity index (χ3v) is 1.96. The van der Waals surface area contributed by atoms with Crippen LogP contribution < -0.4 is 0 Å². The van der Waals surface area contributed by atoms with Crippen LogP contribution in [0.1, 0.15) is 31.1 Å². The molecule has 0 aromatic carbocycles. The topological polar surface area (TPSA) is 52.1 Å². The molecule has 0 saturated heterocycles. The fourth-order valence-corrected chi connectivity index (χ4v) is 1.33. The number of aryl methyl sites for hydroxylation is 2. The molecule has 0 spiro atoms. The van der Waals surface area contributed by atoms with Gasteiger partial charge in [0.1, 0.15) is 0 Å². The quantitative estimate of drug-likeness (QED) is 0.578. The average molecular weight is 220 g/mol. The maximum Gasteiger partial charge on any atom is 0.331 e. The first kappa shape index (κ1) is 12.4. The van der Waals surface area contributed by atoms with Gasteiger partial charge in [-0.1, -0.05) is 0 Å². The molecule has 0 N–H and O–H groups in total. The predicted octanol–water partition coefficient (Wildman–Crippen LogP) is 2.06. The van der Waals surface area contributed by atoms with Gasteiger partial charge in [0.05, 0.1) is 6.61 Å². The zero-order chi connectivity index (χ0) is 12.1. The molecule has 0 aliphatic heterocycles. The minimum absolute atomic E-state index is 0.359. The molecule has 0 fully saturated rings. The summed E-state index contributed by atoms with van der Waals surface area (Å²) in [7, 11) is 0. The Morgan fingerprint density at radius 1 is 1.38 bits per heavy atom. The van der Waals surface area contributed by atoms with Crippen molar-refractivity contribution in [3.63, 3.8) is 0 Å². The molecule has 0 unspecified atom stereocenters. The van der Waals surface area contributed by atoms with E-state index in [0.29, 0.717) is 18.0 Å². The second kappa shape index (κ2) is 5.39. The van der Waals surface area contributed by atoms with Crippen LogP contribution in [0, 0.1) is 13.8 Å². The number of esters is 1. The minimum atomic E-state index is -0.359. The van der Waals surface area contributed by atoms with Gasteiger partial charge in [0, 0.05) is 23.0 Å². The summed E-state index contributed by atoms with van der Waals surface area (Å²) >= 11 is 0. The van der Waals surface area contributed by atoms with Crippen LogP contribution >= 0.6 is 0 Å². The number of carbonyl (C=O) groups excluding carboxylic acids is 1. The van der Waals surface area contributed by atoms with Crippen molar-refractivity contribution in [3.05, 3.63) is 29.4 Å². The zero-order valence-corrected chi connectivity index (χ0v) is 10.1. The third-order valence-electron chi connectivity index (χ3n) is 1.96. The van der Waals surface area contributed by atoms with Gasteiger partial charge in [-0.25, -0.2) is 14.8 Å². The van der Waals surface area contributed by atoms with Gasteiger partial charge < -0.3 is 4.74 Å². The van der Waals surface area contributed by atoms with E-state index in [1.807, 2.05) is 19.9 Å². The molecule has 0 aliphatic rings. The van der Waals surface area contributed by atoms with Crippen LogP contribution in [-0.2, 0) is 9.53 Å². The van der Waals surface area contributed by atoms with Gasteiger partial charge in [0.25, 0.3) is 0 Å². The van der Waals surface area contributed by atoms with E-state index in [4.69, 9.17) is 4.74 Å². The molecule has 1 heterocycles. The number of rotatable bonds is 3. The molecular formula is C12H16N2O2. The Balaban J connectivity index is 2.95. The summed E-state index contributed by atoms with van der Waals surface area (Å²) in [5.74, 6) is 0.216. The van der Waals surface area contributed by atoms with Crippen molar-refractivity contribution in [2.24, 2.45) is 0 Å². The zero-order valence-electron chi connectivity index (χ0n) is 10.1. The summed E-state index contributed by atoms with van der Waals surface area (Å²) in [5.41, 5.74) is 2.49. The van der Waals surface area contributed by atoms with Crippen LogP contribution in [0.4, 0.5) is 0 Å². The van der Waals surface area contributed by atoms with E-state index >= 15 is 0 Å². The minimum Gasteiger partial charge on any atom is -0.463 e. The van der Waals surface area contributed by atoms with E-state index in [1.165, 1.54) is 6.08 Å². The fourth-order valence-electron chi connectivity index (χ4n) is 1.33. The summed E-state index contributed by atoms with van der Waals surface area (Å²) < 4.78 is 4.82. The van der Waals surface area contributed by atoms with Crippen LogP contribution in [0.15, 0.2) is 12.1 Å². The molecule has 0 atom stereocenters. The molecule has 0 bridgehead atoms. The molecule has 86 valence electrons. The lowest BCUT2D eigenvalue weighted by Gasteiger charge is -2.03. The number of hydrogen-bond donors (Lipinski definition) is 0. The fraction of sp³-hybridized carbons (Fsp3) is 0.417. The smallest absolute Gasteiger partial charge is 0.331 e. The van der Waals surface area contributed by atoms with Gasteiger partial charge in [0.2, 0.25) is 0 Å². The maximum atomic E-state index is 11.2. The molecule has 1 rings (SSSR count). The maximum absolute atomic E-state index is 11.2. The Morgan fingerprint density at radius 3 is 2.44 bits per heavy atom. The number of carbonyl (C=O) groups is 1. The highest BCUT2D eigenvalue weighted by Gasteiger charge is 2.04. The molecule has 1 aromatic rings. The van der Waals surface area contributed by atoms with E-state index in [0.717, 1.165) is 11.4 Å². The van der Waals surface area contributed by atoms with Gasteiger partial charge >= 0.3 is 5.97 Å². The SMILES string of the molecule is CCOC(=O)/C=C(/C)c1nc(C)cc(C)n1. The highest BCUT2D eigenvalue weighted by molar-refractivity contribution is 5.89. The lowest BCUT2D eigenvalue weighted by Crippen LogP contribution is -2.02. The molecule has 0 amide bonds. The Hall–Kier alpha value is -1.71. The standard InChI is InChI=1S/C12H16N2O2/c1-5-16-11(15)6-8(2)12-13-9(3)7-10(4)14-12/h6-7H,5H2,1-4H3/b8-6-. The highest BCUT2D eigenvalue weighted by atomic mass is 16.5. The van der Waals surface area contributed by atoms with Crippen molar-refractivity contribution in [2.75, 3.05) is 6.61 Å². The first-order chi connectivity index (χ1) is 7.52. The number of hydrogen-bond acceptors (Lipinski definition) is 4. The first-order valence-corrected chi connectivity index (χ1v) is 5.20.